The fourth-order valence-electron chi connectivity index (χ4n) is 4.44. The Morgan fingerprint density at radius 3 is 2.71 bits per heavy atom. The van der Waals surface area contributed by atoms with Gasteiger partial charge >= 0.3 is 0 Å². The molecule has 0 spiro atoms. The number of aromatic nitrogens is 6. The van der Waals surface area contributed by atoms with Crippen LogP contribution in [-0.4, -0.2) is 77.3 Å². The molecule has 0 radical (unpaired) electrons. The van der Waals surface area contributed by atoms with E-state index in [-0.39, 0.29) is 18.0 Å². The number of nitrogens with zero attached hydrogens (tertiary/aromatic N) is 6. The van der Waals surface area contributed by atoms with Crippen LogP contribution in [0.5, 0.6) is 0 Å². The minimum atomic E-state index is -1.26. The van der Waals surface area contributed by atoms with E-state index in [0.29, 0.717) is 28.8 Å². The zero-order valence-electron chi connectivity index (χ0n) is 19.5. The van der Waals surface area contributed by atoms with E-state index in [1.54, 1.807) is 17.8 Å². The standard InChI is InChI=1S/C21H31N9O4/c1-4-11(5-2)25-17-13-18(28-21(27-17)26-12-6-7-22-8-12)30(9-23-13)20-15(32)14(31)16(33-20)19-24-10(3)29-34-19/h9,11-12,14-16,20,22,31-32H,4-8H2,1-3H3,(H2,25,26,27,28)/t12-,14+,15-,16+,20-/m1/s1. The molecular formula is C21H31N9O4. The van der Waals surface area contributed by atoms with Gasteiger partial charge in [-0.1, -0.05) is 19.0 Å². The predicted molar refractivity (Wildman–Crippen MR) is 122 cm³/mol. The molecule has 5 rings (SSSR count). The molecule has 0 unspecified atom stereocenters. The van der Waals surface area contributed by atoms with Crippen LogP contribution in [0.3, 0.4) is 0 Å². The highest BCUT2D eigenvalue weighted by Gasteiger charge is 2.47. The maximum Gasteiger partial charge on any atom is 0.258 e. The van der Waals surface area contributed by atoms with Crippen molar-refractivity contribution in [2.45, 2.75) is 76.7 Å². The van der Waals surface area contributed by atoms with E-state index in [1.807, 2.05) is 0 Å². The first-order valence-corrected chi connectivity index (χ1v) is 11.8. The number of aliphatic hydroxyl groups is 2. The zero-order valence-corrected chi connectivity index (χ0v) is 19.5. The summed E-state index contributed by atoms with van der Waals surface area (Å²) in [6, 6.07) is 0.444. The highest BCUT2D eigenvalue weighted by molar-refractivity contribution is 5.84. The van der Waals surface area contributed by atoms with Crippen LogP contribution in [0, 0.1) is 6.92 Å². The summed E-state index contributed by atoms with van der Waals surface area (Å²) < 4.78 is 12.8. The number of nitrogens with one attached hydrogen (secondary N) is 3. The number of ether oxygens (including phenoxy) is 1. The van der Waals surface area contributed by atoms with Gasteiger partial charge in [0.15, 0.2) is 35.1 Å². The van der Waals surface area contributed by atoms with Crippen LogP contribution in [0.1, 0.15) is 57.2 Å². The summed E-state index contributed by atoms with van der Waals surface area (Å²) in [5.41, 5.74) is 1.04. The van der Waals surface area contributed by atoms with Crippen LogP contribution in [0.25, 0.3) is 11.2 Å². The maximum absolute atomic E-state index is 10.8. The van der Waals surface area contributed by atoms with Gasteiger partial charge < -0.3 is 35.4 Å². The monoisotopic (exact) mass is 473 g/mol. The summed E-state index contributed by atoms with van der Waals surface area (Å²) in [4.78, 5) is 18.1. The number of hydrogen-bond acceptors (Lipinski definition) is 12. The second-order valence-corrected chi connectivity index (χ2v) is 8.82. The number of aliphatic hydroxyl groups excluding tert-OH is 2. The van der Waals surface area contributed by atoms with Gasteiger partial charge in [-0.3, -0.25) is 4.57 Å². The Bertz CT molecular complexity index is 1120. The number of aryl methyl sites for hydroxylation is 1. The first-order valence-electron chi connectivity index (χ1n) is 11.8. The van der Waals surface area contributed by atoms with Crippen molar-refractivity contribution >= 4 is 22.9 Å². The number of hydrogen-bond donors (Lipinski definition) is 5. The van der Waals surface area contributed by atoms with Crippen LogP contribution in [0.4, 0.5) is 11.8 Å². The lowest BCUT2D eigenvalue weighted by Gasteiger charge is -2.19. The molecule has 0 amide bonds. The third kappa shape index (κ3) is 4.19. The summed E-state index contributed by atoms with van der Waals surface area (Å²) in [5, 5.41) is 35.4. The third-order valence-corrected chi connectivity index (χ3v) is 6.44. The summed E-state index contributed by atoms with van der Waals surface area (Å²) in [5.74, 6) is 1.60. The van der Waals surface area contributed by atoms with Gasteiger partial charge in [-0.15, -0.1) is 0 Å². The average Bonchev–Trinajstić information content (AvgIpc) is 3.62. The molecule has 2 aliphatic heterocycles. The minimum Gasteiger partial charge on any atom is -0.387 e. The molecule has 0 aliphatic carbocycles. The summed E-state index contributed by atoms with van der Waals surface area (Å²) in [6.45, 7) is 7.67. The van der Waals surface area contributed by atoms with E-state index in [0.717, 1.165) is 32.4 Å². The molecule has 13 nitrogen and oxygen atoms in total. The van der Waals surface area contributed by atoms with Crippen LogP contribution in [0.15, 0.2) is 10.9 Å². The van der Waals surface area contributed by atoms with Gasteiger partial charge in [0, 0.05) is 18.6 Å². The Labute approximate surface area is 196 Å². The second-order valence-electron chi connectivity index (χ2n) is 8.82. The third-order valence-electron chi connectivity index (χ3n) is 6.44. The van der Waals surface area contributed by atoms with E-state index in [4.69, 9.17) is 19.2 Å². The average molecular weight is 474 g/mol. The van der Waals surface area contributed by atoms with Gasteiger partial charge in [-0.25, -0.2) is 4.98 Å². The number of imidazole rings is 1. The van der Waals surface area contributed by atoms with Crippen LogP contribution < -0.4 is 16.0 Å². The van der Waals surface area contributed by atoms with Crippen molar-refractivity contribution in [2.24, 2.45) is 0 Å². The van der Waals surface area contributed by atoms with Crippen LogP contribution in [0.2, 0.25) is 0 Å². The van der Waals surface area contributed by atoms with Gasteiger partial charge in [0.1, 0.15) is 12.2 Å². The molecule has 13 heteroatoms. The second kappa shape index (κ2) is 9.41. The molecule has 0 saturated carbocycles. The molecule has 2 saturated heterocycles. The fourth-order valence-corrected chi connectivity index (χ4v) is 4.44. The van der Waals surface area contributed by atoms with Gasteiger partial charge in [-0.2, -0.15) is 15.0 Å². The van der Waals surface area contributed by atoms with E-state index in [9.17, 15) is 10.2 Å². The van der Waals surface area contributed by atoms with Gasteiger partial charge in [0.25, 0.3) is 5.89 Å². The normalized spacial score (nSPS) is 27.2. The molecule has 0 aromatic carbocycles. The lowest BCUT2D eigenvalue weighted by Crippen LogP contribution is -2.29. The molecule has 5 atom stereocenters. The lowest BCUT2D eigenvalue weighted by molar-refractivity contribution is -0.0451. The Hall–Kier alpha value is -2.87. The first-order chi connectivity index (χ1) is 16.5. The SMILES string of the molecule is CCC(CC)Nc1nc(N[C@@H]2CCNC2)nc2c1ncn2[C@@H]1O[C@H](c2nc(C)no2)[C@@H](O)[C@H]1O. The van der Waals surface area contributed by atoms with E-state index in [2.05, 4.69) is 44.9 Å². The van der Waals surface area contributed by atoms with Gasteiger partial charge in [0.05, 0.1) is 6.33 Å². The smallest absolute Gasteiger partial charge is 0.258 e. The molecular weight excluding hydrogens is 442 g/mol. The van der Waals surface area contributed by atoms with Crippen molar-refractivity contribution in [3.8, 4) is 0 Å². The van der Waals surface area contributed by atoms with E-state index < -0.39 is 24.5 Å². The molecule has 2 aliphatic rings. The highest BCUT2D eigenvalue weighted by Crippen LogP contribution is 2.39. The van der Waals surface area contributed by atoms with Gasteiger partial charge in [0.2, 0.25) is 5.95 Å². The van der Waals surface area contributed by atoms with Crippen molar-refractivity contribution in [1.82, 2.24) is 35.0 Å². The Morgan fingerprint density at radius 2 is 2.03 bits per heavy atom. The molecule has 184 valence electrons. The molecule has 0 bridgehead atoms. The Kier molecular flexibility index (Phi) is 6.34. The van der Waals surface area contributed by atoms with Crippen molar-refractivity contribution in [3.63, 3.8) is 0 Å². The minimum absolute atomic E-state index is 0.109. The molecule has 3 aromatic rings. The zero-order chi connectivity index (χ0) is 23.8. The fraction of sp³-hybridized carbons (Fsp3) is 0.667. The summed E-state index contributed by atoms with van der Waals surface area (Å²) in [6.07, 6.45) is -0.0548. The van der Waals surface area contributed by atoms with E-state index in [1.165, 1.54) is 0 Å². The molecule has 5 heterocycles. The largest absolute Gasteiger partial charge is 0.387 e. The molecule has 2 fully saturated rings. The maximum atomic E-state index is 10.8. The quantitative estimate of drug-likeness (QED) is 0.314. The predicted octanol–water partition coefficient (Wildman–Crippen LogP) is 0.884. The summed E-state index contributed by atoms with van der Waals surface area (Å²) in [7, 11) is 0. The van der Waals surface area contributed by atoms with Gasteiger partial charge in [-0.05, 0) is 32.7 Å². The van der Waals surface area contributed by atoms with Crippen LogP contribution in [-0.2, 0) is 4.74 Å². The Balaban J connectivity index is 1.52. The topological polar surface area (TPSA) is 168 Å². The highest BCUT2D eigenvalue weighted by atomic mass is 16.6. The molecule has 34 heavy (non-hydrogen) atoms. The number of anilines is 2. The Morgan fingerprint density at radius 1 is 1.21 bits per heavy atom. The van der Waals surface area contributed by atoms with Crippen molar-refractivity contribution in [2.75, 3.05) is 23.7 Å². The lowest BCUT2D eigenvalue weighted by atomic mass is 10.1. The van der Waals surface area contributed by atoms with Crippen molar-refractivity contribution in [1.29, 1.82) is 0 Å². The van der Waals surface area contributed by atoms with Crippen molar-refractivity contribution < 1.29 is 19.5 Å². The van der Waals surface area contributed by atoms with E-state index >= 15 is 0 Å². The first kappa shape index (κ1) is 22.9. The summed E-state index contributed by atoms with van der Waals surface area (Å²) >= 11 is 0. The molecule has 5 N–H and O–H groups in total. The molecule has 3 aromatic heterocycles. The number of rotatable bonds is 8. The van der Waals surface area contributed by atoms with Crippen molar-refractivity contribution in [3.05, 3.63) is 18.0 Å². The van der Waals surface area contributed by atoms with Crippen LogP contribution >= 0.6 is 0 Å². The number of fused-ring (bicyclic) bond motifs is 1.